The number of aliphatic hydroxyl groups excluding tert-OH is 1. The predicted octanol–water partition coefficient (Wildman–Crippen LogP) is 5.99. The van der Waals surface area contributed by atoms with Gasteiger partial charge < -0.3 is 30.6 Å². The fourth-order valence-corrected chi connectivity index (χ4v) is 7.83. The van der Waals surface area contributed by atoms with Crippen molar-refractivity contribution in [2.24, 2.45) is 5.92 Å². The molecule has 2 fully saturated rings. The summed E-state index contributed by atoms with van der Waals surface area (Å²) in [6.45, 7) is 3.82. The number of H-pyrrole nitrogens is 1. The minimum atomic E-state index is -0.870. The first-order chi connectivity index (χ1) is 26.3. The Kier molecular flexibility index (Phi) is 11.8. The normalized spacial score (nSPS) is 16.8. The van der Waals surface area contributed by atoms with E-state index in [1.807, 2.05) is 78.9 Å². The highest BCUT2D eigenvalue weighted by Gasteiger charge is 2.37. The van der Waals surface area contributed by atoms with Gasteiger partial charge in [-0.3, -0.25) is 19.8 Å². The molecular formula is C43H47N5O6. The third-order valence-electron chi connectivity index (χ3n) is 10.7. The molecule has 1 amide bonds. The third kappa shape index (κ3) is 8.72. The van der Waals surface area contributed by atoms with Gasteiger partial charge in [-0.2, -0.15) is 0 Å². The van der Waals surface area contributed by atoms with E-state index in [-0.39, 0.29) is 41.7 Å². The van der Waals surface area contributed by atoms with E-state index in [9.17, 15) is 24.6 Å². The maximum Gasteiger partial charge on any atom is 0.411 e. The molecule has 11 nitrogen and oxygen atoms in total. The number of amides is 1. The van der Waals surface area contributed by atoms with Crippen LogP contribution in [0.15, 0.2) is 108 Å². The van der Waals surface area contributed by atoms with Crippen molar-refractivity contribution < 1.29 is 24.5 Å². The summed E-state index contributed by atoms with van der Waals surface area (Å²) in [4.78, 5) is 43.9. The minimum Gasteiger partial charge on any atom is -0.506 e. The zero-order valence-electron chi connectivity index (χ0n) is 30.2. The molecule has 0 radical (unpaired) electrons. The molecular weight excluding hydrogens is 683 g/mol. The van der Waals surface area contributed by atoms with E-state index in [1.165, 1.54) is 12.1 Å². The number of ketones is 1. The first kappa shape index (κ1) is 37.0. The number of aromatic nitrogens is 1. The summed E-state index contributed by atoms with van der Waals surface area (Å²) in [5.74, 6) is 0.290. The van der Waals surface area contributed by atoms with Gasteiger partial charge in [0.1, 0.15) is 11.9 Å². The Bertz CT molecular complexity index is 2110. The van der Waals surface area contributed by atoms with Crippen LogP contribution in [-0.2, 0) is 11.3 Å². The average molecular weight is 730 g/mol. The van der Waals surface area contributed by atoms with E-state index < -0.39 is 12.2 Å². The van der Waals surface area contributed by atoms with Crippen LogP contribution in [0, 0.1) is 5.92 Å². The fraction of sp³-hybridized carbons (Fsp3) is 0.326. The molecule has 7 rings (SSSR count). The standard InChI is InChI=1S/C43H47N5O6/c49-37-16-14-34(35-15-17-39(51)47-40(35)37)38(50)27-45-26-28-10-12-31(13-11-28)42(52)41(30-18-22-44-23-19-30)48-24-20-32(21-25-48)54-43(53)46-36-9-5-4-8-33(36)29-6-2-1-3-7-29/h1-17,30,32,38,41,44-45,49-50H,18-27H2,(H,46,53)(H,47,51)/t38-,41?/m0/s1. The summed E-state index contributed by atoms with van der Waals surface area (Å²) in [6, 6.07) is 31.1. The monoisotopic (exact) mass is 729 g/mol. The van der Waals surface area contributed by atoms with Crippen molar-refractivity contribution in [1.82, 2.24) is 20.5 Å². The highest BCUT2D eigenvalue weighted by atomic mass is 16.6. The molecule has 1 aromatic heterocycles. The molecule has 6 N–H and O–H groups in total. The van der Waals surface area contributed by atoms with Gasteiger partial charge in [-0.05, 0) is 79.6 Å². The summed E-state index contributed by atoms with van der Waals surface area (Å²) in [5.41, 5.74) is 4.84. The molecule has 0 spiro atoms. The highest BCUT2D eigenvalue weighted by Crippen LogP contribution is 2.31. The quantitative estimate of drug-likeness (QED) is 0.0850. The third-order valence-corrected chi connectivity index (χ3v) is 10.7. The van der Waals surface area contributed by atoms with Crippen molar-refractivity contribution >= 4 is 28.5 Å². The van der Waals surface area contributed by atoms with Gasteiger partial charge >= 0.3 is 6.09 Å². The van der Waals surface area contributed by atoms with Crippen LogP contribution in [0.1, 0.15) is 53.3 Å². The van der Waals surface area contributed by atoms with Crippen LogP contribution in [0.4, 0.5) is 10.5 Å². The van der Waals surface area contributed by atoms with E-state index in [0.717, 1.165) is 42.6 Å². The Labute approximate surface area is 314 Å². The SMILES string of the molecule is O=C(Nc1ccccc1-c1ccccc1)OC1CCN(C(C(=O)c2ccc(CNC[C@H](O)c3ccc(O)c4[nH]c(=O)ccc34)cc2)C2CCNCC2)CC1. The number of anilines is 1. The molecule has 2 aliphatic heterocycles. The molecule has 280 valence electrons. The van der Waals surface area contributed by atoms with Gasteiger partial charge in [-0.25, -0.2) is 4.79 Å². The van der Waals surface area contributed by atoms with Gasteiger partial charge in [0.25, 0.3) is 0 Å². The minimum absolute atomic E-state index is 0.0522. The van der Waals surface area contributed by atoms with Crippen molar-refractivity contribution in [3.63, 3.8) is 0 Å². The van der Waals surface area contributed by atoms with Crippen molar-refractivity contribution in [3.05, 3.63) is 130 Å². The topological polar surface area (TPSA) is 156 Å². The van der Waals surface area contributed by atoms with Crippen LogP contribution in [0.5, 0.6) is 5.75 Å². The van der Waals surface area contributed by atoms with Crippen molar-refractivity contribution in [2.75, 3.05) is 38.0 Å². The molecule has 2 saturated heterocycles. The van der Waals surface area contributed by atoms with Gasteiger partial charge in [0, 0.05) is 48.8 Å². The first-order valence-corrected chi connectivity index (χ1v) is 18.8. The predicted molar refractivity (Wildman–Crippen MR) is 210 cm³/mol. The number of carbonyl (C=O) groups is 2. The largest absolute Gasteiger partial charge is 0.506 e. The van der Waals surface area contributed by atoms with Crippen LogP contribution < -0.4 is 21.5 Å². The van der Waals surface area contributed by atoms with Crippen molar-refractivity contribution in [1.29, 1.82) is 0 Å². The summed E-state index contributed by atoms with van der Waals surface area (Å²) < 4.78 is 5.90. The molecule has 1 unspecified atom stereocenters. The average Bonchev–Trinajstić information content (AvgIpc) is 3.20. The van der Waals surface area contributed by atoms with Crippen LogP contribution in [-0.4, -0.2) is 76.8 Å². The molecule has 0 saturated carbocycles. The number of fused-ring (bicyclic) bond motifs is 1. The number of rotatable bonds is 12. The lowest BCUT2D eigenvalue weighted by Crippen LogP contribution is -2.52. The van der Waals surface area contributed by atoms with Gasteiger partial charge in [-0.1, -0.05) is 78.9 Å². The molecule has 0 bridgehead atoms. The first-order valence-electron chi connectivity index (χ1n) is 18.8. The van der Waals surface area contributed by atoms with Gasteiger partial charge in [0.05, 0.1) is 23.3 Å². The Morgan fingerprint density at radius 1 is 0.852 bits per heavy atom. The number of phenols is 1. The highest BCUT2D eigenvalue weighted by molar-refractivity contribution is 6.00. The van der Waals surface area contributed by atoms with Crippen molar-refractivity contribution in [2.45, 2.75) is 50.5 Å². The summed E-state index contributed by atoms with van der Waals surface area (Å²) in [5, 5.41) is 31.3. The second kappa shape index (κ2) is 17.2. The summed E-state index contributed by atoms with van der Waals surface area (Å²) >= 11 is 0. The number of hydrogen-bond donors (Lipinski definition) is 6. The molecule has 2 atom stereocenters. The molecule has 0 aliphatic carbocycles. The second-order valence-corrected chi connectivity index (χ2v) is 14.2. The number of nitrogens with one attached hydrogen (secondary N) is 4. The zero-order valence-corrected chi connectivity index (χ0v) is 30.2. The number of pyridine rings is 1. The number of Topliss-reactive ketones (excluding diaryl/α,β-unsaturated/α-hetero) is 1. The number of phenolic OH excluding ortho intramolecular Hbond substituents is 1. The summed E-state index contributed by atoms with van der Waals surface area (Å²) in [7, 11) is 0. The number of hydrogen-bond acceptors (Lipinski definition) is 9. The Morgan fingerprint density at radius 2 is 1.57 bits per heavy atom. The summed E-state index contributed by atoms with van der Waals surface area (Å²) in [6.07, 6.45) is 1.56. The van der Waals surface area contributed by atoms with Gasteiger partial charge in [0.15, 0.2) is 5.78 Å². The lowest BCUT2D eigenvalue weighted by Gasteiger charge is -2.41. The number of aromatic hydroxyl groups is 1. The number of nitrogens with zero attached hydrogens (tertiary/aromatic N) is 1. The number of piperidine rings is 2. The number of aliphatic hydroxyl groups is 1. The number of ether oxygens (including phenoxy) is 1. The molecule has 3 heterocycles. The Hall–Kier alpha value is -5.33. The molecule has 4 aromatic carbocycles. The maximum absolute atomic E-state index is 14.2. The Morgan fingerprint density at radius 3 is 2.33 bits per heavy atom. The molecule has 54 heavy (non-hydrogen) atoms. The second-order valence-electron chi connectivity index (χ2n) is 14.2. The number of carbonyl (C=O) groups excluding carboxylic acids is 2. The number of likely N-dealkylation sites (tertiary alicyclic amines) is 1. The number of para-hydroxylation sites is 1. The van der Waals surface area contributed by atoms with E-state index in [0.29, 0.717) is 60.2 Å². The lowest BCUT2D eigenvalue weighted by molar-refractivity contribution is 0.0265. The van der Waals surface area contributed by atoms with E-state index in [1.54, 1.807) is 12.1 Å². The molecule has 2 aliphatic rings. The number of aromatic amines is 1. The molecule has 11 heteroatoms. The Balaban J connectivity index is 0.944. The maximum atomic E-state index is 14.2. The van der Waals surface area contributed by atoms with E-state index in [2.05, 4.69) is 25.8 Å². The van der Waals surface area contributed by atoms with Gasteiger partial charge in [0.2, 0.25) is 5.56 Å². The zero-order chi connectivity index (χ0) is 37.4. The van der Waals surface area contributed by atoms with Crippen LogP contribution in [0.25, 0.3) is 22.0 Å². The van der Waals surface area contributed by atoms with Gasteiger partial charge in [-0.15, -0.1) is 0 Å². The number of benzene rings is 4. The molecule has 5 aromatic rings. The lowest BCUT2D eigenvalue weighted by atomic mass is 9.83. The van der Waals surface area contributed by atoms with E-state index in [4.69, 9.17) is 4.74 Å². The van der Waals surface area contributed by atoms with Crippen LogP contribution >= 0.6 is 0 Å². The van der Waals surface area contributed by atoms with Crippen molar-refractivity contribution in [3.8, 4) is 16.9 Å². The van der Waals surface area contributed by atoms with E-state index >= 15 is 0 Å². The van der Waals surface area contributed by atoms with Crippen LogP contribution in [0.2, 0.25) is 0 Å². The smallest absolute Gasteiger partial charge is 0.411 e. The van der Waals surface area contributed by atoms with Crippen LogP contribution in [0.3, 0.4) is 0 Å². The fourth-order valence-electron chi connectivity index (χ4n) is 7.83.